The summed E-state index contributed by atoms with van der Waals surface area (Å²) in [6.45, 7) is 19.8. The number of rotatable bonds is 5. The third-order valence-electron chi connectivity index (χ3n) is 17.7. The summed E-state index contributed by atoms with van der Waals surface area (Å²) < 4.78 is 5.36. The van der Waals surface area contributed by atoms with E-state index in [-0.39, 0.29) is 44.5 Å². The molecule has 6 aliphatic rings. The van der Waals surface area contributed by atoms with Crippen molar-refractivity contribution in [1.82, 2.24) is 9.80 Å². The van der Waals surface area contributed by atoms with Crippen molar-refractivity contribution in [2.45, 2.75) is 125 Å². The van der Waals surface area contributed by atoms with Gasteiger partial charge in [-0.2, -0.15) is 0 Å². The highest BCUT2D eigenvalue weighted by Crippen LogP contribution is 2.76. The van der Waals surface area contributed by atoms with Crippen LogP contribution in [0.15, 0.2) is 54.1 Å². The highest BCUT2D eigenvalue weighted by molar-refractivity contribution is 5.93. The van der Waals surface area contributed by atoms with Gasteiger partial charge in [-0.1, -0.05) is 78.3 Å². The number of carbonyl (C=O) groups is 2. The van der Waals surface area contributed by atoms with Gasteiger partial charge in [0, 0.05) is 38.7 Å². The second-order valence-corrected chi connectivity index (χ2v) is 21.1. The molecule has 1 N–H and O–H groups in total. The van der Waals surface area contributed by atoms with Crippen molar-refractivity contribution >= 4 is 28.7 Å². The number of nitrogens with zero attached hydrogens (tertiary/aromatic N) is 2. The molecule has 1 saturated heterocycles. The highest BCUT2D eigenvalue weighted by Gasteiger charge is 2.68. The number of ether oxygens (including phenoxy) is 1. The number of hydrogen-bond donors (Lipinski definition) is 1. The van der Waals surface area contributed by atoms with Crippen molar-refractivity contribution in [2.24, 2.45) is 50.2 Å². The van der Waals surface area contributed by atoms with E-state index >= 15 is 0 Å². The summed E-state index contributed by atoms with van der Waals surface area (Å²) in [6.07, 6.45) is 18.1. The van der Waals surface area contributed by atoms with Crippen LogP contribution in [0.4, 0.5) is 0 Å². The quantitative estimate of drug-likeness (QED) is 0.244. The first-order chi connectivity index (χ1) is 25.9. The monoisotopic (exact) mass is 749 g/mol. The molecule has 1 heterocycles. The minimum absolute atomic E-state index is 0.00792. The van der Waals surface area contributed by atoms with E-state index in [2.05, 4.69) is 71.6 Å². The predicted molar refractivity (Wildman–Crippen MR) is 222 cm³/mol. The molecular formula is C49H68N2O4. The van der Waals surface area contributed by atoms with E-state index < -0.39 is 0 Å². The SMILES string of the molecule is COc1ccc2cc(/C=C/C(=O)N3CCN(C(=O)C[C@]45CCC(C)(C)C[C@H]4C4=CC[C@@H]6[C@@]7(C)CCC(O)C(C)(C)[C@@H]7CC[C@@]6(C)[C@]4(C)CC5)CC3)ccc2c1. The maximum atomic E-state index is 14.4. The van der Waals surface area contributed by atoms with Crippen molar-refractivity contribution in [1.29, 1.82) is 0 Å². The Kier molecular flexibility index (Phi) is 9.50. The topological polar surface area (TPSA) is 70.1 Å². The third kappa shape index (κ3) is 6.21. The Labute approximate surface area is 331 Å². The molecule has 55 heavy (non-hydrogen) atoms. The molecule has 2 aromatic rings. The molecule has 0 radical (unpaired) electrons. The van der Waals surface area contributed by atoms with Crippen molar-refractivity contribution < 1.29 is 19.4 Å². The maximum absolute atomic E-state index is 14.4. The standard InChI is InChI=1S/C49H68N2O4/c1-44(2)21-23-49(32-43(54)51-27-25-50(26-28-51)42(53)16-10-33-9-11-35-30-36(55-8)13-12-34(35)29-33)24-22-47(6)37(38(49)31-44)14-15-40-46(5)19-18-41(52)45(3,4)39(46)17-20-48(40,47)7/h9-14,16,29-30,38-41,52H,15,17-28,31-32H2,1-8H3/b16-10+/t38-,39-,40+,41?,46-,47+,48+,49+/m0/s1. The number of fused-ring (bicyclic) bond motifs is 8. The summed E-state index contributed by atoms with van der Waals surface area (Å²) in [5, 5.41) is 13.3. The van der Waals surface area contributed by atoms with Crippen molar-refractivity contribution in [3.63, 3.8) is 0 Å². The van der Waals surface area contributed by atoms with Crippen LogP contribution in [0.3, 0.4) is 0 Å². The van der Waals surface area contributed by atoms with Crippen molar-refractivity contribution in [3.8, 4) is 5.75 Å². The average molecular weight is 749 g/mol. The van der Waals surface area contributed by atoms with Crippen LogP contribution >= 0.6 is 0 Å². The number of piperazine rings is 1. The number of benzene rings is 2. The molecule has 0 bridgehead atoms. The fourth-order valence-corrected chi connectivity index (χ4v) is 14.0. The van der Waals surface area contributed by atoms with Crippen LogP contribution < -0.4 is 4.74 Å². The van der Waals surface area contributed by atoms with Crippen molar-refractivity contribution in [3.05, 3.63) is 59.7 Å². The lowest BCUT2D eigenvalue weighted by molar-refractivity contribution is -0.203. The molecule has 6 heteroatoms. The molecule has 8 atom stereocenters. The van der Waals surface area contributed by atoms with Gasteiger partial charge in [0.15, 0.2) is 0 Å². The Morgan fingerprint density at radius 2 is 1.51 bits per heavy atom. The smallest absolute Gasteiger partial charge is 0.246 e. The minimum Gasteiger partial charge on any atom is -0.497 e. The molecule has 1 aliphatic heterocycles. The van der Waals surface area contributed by atoms with E-state index in [4.69, 9.17) is 4.74 Å². The lowest BCUT2D eigenvalue weighted by atomic mass is 9.33. The van der Waals surface area contributed by atoms with E-state index in [9.17, 15) is 14.7 Å². The molecule has 5 fully saturated rings. The van der Waals surface area contributed by atoms with Gasteiger partial charge < -0.3 is 19.6 Å². The first-order valence-corrected chi connectivity index (χ1v) is 21.7. The Morgan fingerprint density at radius 3 is 2.25 bits per heavy atom. The van der Waals surface area contributed by atoms with Crippen LogP contribution in [-0.2, 0) is 9.59 Å². The molecule has 2 amide bonds. The Morgan fingerprint density at radius 1 is 0.818 bits per heavy atom. The molecule has 298 valence electrons. The van der Waals surface area contributed by atoms with Gasteiger partial charge in [-0.25, -0.2) is 0 Å². The van der Waals surface area contributed by atoms with E-state index in [1.165, 1.54) is 32.1 Å². The molecule has 5 aliphatic carbocycles. The van der Waals surface area contributed by atoms with Gasteiger partial charge in [0.05, 0.1) is 13.2 Å². The van der Waals surface area contributed by atoms with Gasteiger partial charge in [0.2, 0.25) is 11.8 Å². The second-order valence-electron chi connectivity index (χ2n) is 21.1. The van der Waals surface area contributed by atoms with Crippen LogP contribution in [0.1, 0.15) is 125 Å². The van der Waals surface area contributed by atoms with Crippen LogP contribution in [-0.4, -0.2) is 66.1 Å². The lowest BCUT2D eigenvalue weighted by Gasteiger charge is -2.71. The summed E-state index contributed by atoms with van der Waals surface area (Å²) in [5.74, 6) is 2.75. The van der Waals surface area contributed by atoms with Crippen LogP contribution in [0.2, 0.25) is 0 Å². The molecule has 6 nitrogen and oxygen atoms in total. The fraction of sp³-hybridized carbons (Fsp3) is 0.673. The van der Waals surface area contributed by atoms with Crippen molar-refractivity contribution in [2.75, 3.05) is 33.3 Å². The van der Waals surface area contributed by atoms with Gasteiger partial charge >= 0.3 is 0 Å². The number of allylic oxidation sites excluding steroid dienone is 2. The first-order valence-electron chi connectivity index (χ1n) is 21.7. The minimum atomic E-state index is -0.204. The third-order valence-corrected chi connectivity index (χ3v) is 17.7. The number of aliphatic hydroxyl groups is 1. The molecule has 8 rings (SSSR count). The van der Waals surface area contributed by atoms with E-state index in [1.807, 2.05) is 35.2 Å². The Bertz CT molecular complexity index is 1900. The van der Waals surface area contributed by atoms with E-state index in [0.29, 0.717) is 56.3 Å². The zero-order valence-corrected chi connectivity index (χ0v) is 35.2. The largest absolute Gasteiger partial charge is 0.497 e. The number of amides is 2. The zero-order chi connectivity index (χ0) is 39.2. The van der Waals surface area contributed by atoms with Gasteiger partial charge in [0.25, 0.3) is 0 Å². The molecular weight excluding hydrogens is 681 g/mol. The number of carbonyl (C=O) groups excluding carboxylic acids is 2. The lowest BCUT2D eigenvalue weighted by Crippen LogP contribution is -2.64. The Hall–Kier alpha value is -3.12. The first kappa shape index (κ1) is 38.7. The predicted octanol–water partition coefficient (Wildman–Crippen LogP) is 10.1. The summed E-state index contributed by atoms with van der Waals surface area (Å²) >= 11 is 0. The summed E-state index contributed by atoms with van der Waals surface area (Å²) in [6, 6.07) is 12.2. The van der Waals surface area contributed by atoms with Gasteiger partial charge in [-0.05, 0) is 155 Å². The number of aliphatic hydroxyl groups excluding tert-OH is 1. The number of hydrogen-bond acceptors (Lipinski definition) is 4. The summed E-state index contributed by atoms with van der Waals surface area (Å²) in [4.78, 5) is 31.7. The highest BCUT2D eigenvalue weighted by atomic mass is 16.5. The molecule has 0 aromatic heterocycles. The van der Waals surface area contributed by atoms with E-state index in [1.54, 1.807) is 18.8 Å². The fourth-order valence-electron chi connectivity index (χ4n) is 14.0. The van der Waals surface area contributed by atoms with Gasteiger partial charge in [-0.15, -0.1) is 0 Å². The average Bonchev–Trinajstić information content (AvgIpc) is 3.16. The zero-order valence-electron chi connectivity index (χ0n) is 35.2. The molecule has 0 spiro atoms. The molecule has 2 aromatic carbocycles. The van der Waals surface area contributed by atoms with Crippen LogP contribution in [0.25, 0.3) is 16.8 Å². The summed E-state index contributed by atoms with van der Waals surface area (Å²) in [5.41, 5.74) is 3.52. The van der Waals surface area contributed by atoms with Crippen LogP contribution in [0.5, 0.6) is 5.75 Å². The number of methoxy groups -OCH3 is 1. The van der Waals surface area contributed by atoms with E-state index in [0.717, 1.165) is 54.2 Å². The Balaban J connectivity index is 0.962. The normalized spacial score (nSPS) is 38.0. The maximum Gasteiger partial charge on any atom is 0.246 e. The molecule has 4 saturated carbocycles. The van der Waals surface area contributed by atoms with Gasteiger partial charge in [0.1, 0.15) is 5.75 Å². The van der Waals surface area contributed by atoms with Gasteiger partial charge in [-0.3, -0.25) is 9.59 Å². The second kappa shape index (κ2) is 13.5. The molecule has 1 unspecified atom stereocenters. The summed E-state index contributed by atoms with van der Waals surface area (Å²) in [7, 11) is 1.68. The van der Waals surface area contributed by atoms with Crippen LogP contribution in [0, 0.1) is 50.2 Å².